The zero-order valence-electron chi connectivity index (χ0n) is 10.2. The van der Waals surface area contributed by atoms with E-state index in [0.717, 1.165) is 25.7 Å². The molecule has 6 heteroatoms. The van der Waals surface area contributed by atoms with Gasteiger partial charge >= 0.3 is 11.9 Å². The third-order valence-corrected chi connectivity index (χ3v) is 2.92. The molecule has 0 heterocycles. The summed E-state index contributed by atoms with van der Waals surface area (Å²) in [4.78, 5) is 28.5. The van der Waals surface area contributed by atoms with E-state index in [1.54, 1.807) is 12.4 Å². The molecule has 1 fully saturated rings. The van der Waals surface area contributed by atoms with Crippen LogP contribution in [0.1, 0.15) is 25.7 Å². The van der Waals surface area contributed by atoms with Crippen molar-refractivity contribution in [1.82, 2.24) is 0 Å². The third kappa shape index (κ3) is 5.56. The van der Waals surface area contributed by atoms with E-state index in [9.17, 15) is 9.59 Å². The first-order chi connectivity index (χ1) is 8.59. The number of carboxylic acid groups (broad SMARTS) is 2. The molecular weight excluding hydrogens is 236 g/mol. The molecule has 0 spiro atoms. The number of carbonyl (C=O) groups is 2. The van der Waals surface area contributed by atoms with Crippen LogP contribution in [0.5, 0.6) is 0 Å². The normalized spacial score (nSPS) is 24.7. The van der Waals surface area contributed by atoms with Crippen LogP contribution in [0.15, 0.2) is 9.98 Å². The smallest absolute Gasteiger partial charge is 0.325 e. The summed E-state index contributed by atoms with van der Waals surface area (Å²) in [5, 5.41) is 17.0. The summed E-state index contributed by atoms with van der Waals surface area (Å²) in [5.41, 5.74) is 0. The molecule has 1 saturated carbocycles. The summed E-state index contributed by atoms with van der Waals surface area (Å²) < 4.78 is 0. The lowest BCUT2D eigenvalue weighted by molar-refractivity contribution is -0.136. The van der Waals surface area contributed by atoms with E-state index >= 15 is 0 Å². The number of hydrogen-bond acceptors (Lipinski definition) is 4. The Bertz CT molecular complexity index is 318. The minimum atomic E-state index is -0.946. The van der Waals surface area contributed by atoms with Crippen LogP contribution in [0.2, 0.25) is 0 Å². The number of hydrogen-bond donors (Lipinski definition) is 2. The Labute approximate surface area is 105 Å². The van der Waals surface area contributed by atoms with Gasteiger partial charge in [0, 0.05) is 24.3 Å². The van der Waals surface area contributed by atoms with E-state index in [1.807, 2.05) is 0 Å². The van der Waals surface area contributed by atoms with Crippen LogP contribution in [0.25, 0.3) is 0 Å². The maximum Gasteiger partial charge on any atom is 0.325 e. The molecule has 1 aliphatic rings. The van der Waals surface area contributed by atoms with Crippen molar-refractivity contribution in [3.8, 4) is 0 Å². The maximum absolute atomic E-state index is 10.4. The van der Waals surface area contributed by atoms with Crippen LogP contribution in [0.3, 0.4) is 0 Å². The Morgan fingerprint density at radius 2 is 1.33 bits per heavy atom. The molecule has 0 aliphatic heterocycles. The quantitative estimate of drug-likeness (QED) is 0.693. The van der Waals surface area contributed by atoms with E-state index in [4.69, 9.17) is 10.2 Å². The molecule has 18 heavy (non-hydrogen) atoms. The number of nitrogens with zero attached hydrogens (tertiary/aromatic N) is 2. The molecule has 0 radical (unpaired) electrons. The topological polar surface area (TPSA) is 99.3 Å². The van der Waals surface area contributed by atoms with Gasteiger partial charge in [-0.3, -0.25) is 19.6 Å². The Kier molecular flexibility index (Phi) is 6.04. The fraction of sp³-hybridized carbons (Fsp3) is 0.667. The molecule has 0 aromatic heterocycles. The van der Waals surface area contributed by atoms with Crippen molar-refractivity contribution in [2.24, 2.45) is 21.8 Å². The average molecular weight is 254 g/mol. The van der Waals surface area contributed by atoms with Crippen molar-refractivity contribution in [2.75, 3.05) is 13.1 Å². The van der Waals surface area contributed by atoms with Gasteiger partial charge in [0.05, 0.1) is 0 Å². The highest BCUT2D eigenvalue weighted by Gasteiger charge is 2.22. The van der Waals surface area contributed by atoms with Gasteiger partial charge in [-0.05, 0) is 12.8 Å². The number of aliphatic carboxylic acids is 2. The van der Waals surface area contributed by atoms with Gasteiger partial charge in [-0.2, -0.15) is 0 Å². The molecule has 0 aromatic rings. The molecule has 0 bridgehead atoms. The molecular formula is C12H18N2O4. The second-order valence-electron chi connectivity index (χ2n) is 4.38. The standard InChI is InChI=1S/C12H18N2O4/c15-11(16)7-13-5-9-3-1-2-4-10(9)6-14-8-12(17)18/h5-6,9-10H,1-4,7-8H2,(H,15,16)(H,17,18). The first kappa shape index (κ1) is 14.3. The molecule has 2 unspecified atom stereocenters. The summed E-state index contributed by atoms with van der Waals surface area (Å²) in [5.74, 6) is -1.54. The van der Waals surface area contributed by atoms with Crippen molar-refractivity contribution in [3.05, 3.63) is 0 Å². The van der Waals surface area contributed by atoms with Gasteiger partial charge in [0.1, 0.15) is 13.1 Å². The highest BCUT2D eigenvalue weighted by molar-refractivity contribution is 5.76. The van der Waals surface area contributed by atoms with Gasteiger partial charge in [0.15, 0.2) is 0 Å². The predicted octanol–water partition coefficient (Wildman–Crippen LogP) is 1.10. The van der Waals surface area contributed by atoms with Crippen molar-refractivity contribution < 1.29 is 19.8 Å². The van der Waals surface area contributed by atoms with Crippen molar-refractivity contribution in [2.45, 2.75) is 25.7 Å². The van der Waals surface area contributed by atoms with Crippen LogP contribution >= 0.6 is 0 Å². The maximum atomic E-state index is 10.4. The molecule has 0 saturated heterocycles. The minimum Gasteiger partial charge on any atom is -0.480 e. The van der Waals surface area contributed by atoms with Crippen LogP contribution in [-0.2, 0) is 9.59 Å². The summed E-state index contributed by atoms with van der Waals surface area (Å²) in [6.07, 6.45) is 7.45. The Morgan fingerprint density at radius 1 is 0.944 bits per heavy atom. The second-order valence-corrected chi connectivity index (χ2v) is 4.38. The first-order valence-corrected chi connectivity index (χ1v) is 6.03. The van der Waals surface area contributed by atoms with Gasteiger partial charge < -0.3 is 10.2 Å². The minimum absolute atomic E-state index is 0.177. The SMILES string of the molecule is O=C(O)CN=CC1CCCCC1C=NCC(=O)O. The fourth-order valence-corrected chi connectivity index (χ4v) is 2.09. The largest absolute Gasteiger partial charge is 0.480 e. The molecule has 2 atom stereocenters. The van der Waals surface area contributed by atoms with Crippen LogP contribution in [0.4, 0.5) is 0 Å². The van der Waals surface area contributed by atoms with Gasteiger partial charge in [-0.25, -0.2) is 0 Å². The Hall–Kier alpha value is -1.72. The Morgan fingerprint density at radius 3 is 1.67 bits per heavy atom. The average Bonchev–Trinajstić information content (AvgIpc) is 2.30. The zero-order valence-corrected chi connectivity index (χ0v) is 10.2. The van der Waals surface area contributed by atoms with E-state index in [0.29, 0.717) is 0 Å². The molecule has 2 N–H and O–H groups in total. The molecule has 1 rings (SSSR count). The summed E-state index contributed by atoms with van der Waals surface area (Å²) in [6, 6.07) is 0. The van der Waals surface area contributed by atoms with Crippen LogP contribution < -0.4 is 0 Å². The fourth-order valence-electron chi connectivity index (χ4n) is 2.09. The summed E-state index contributed by atoms with van der Waals surface area (Å²) in [6.45, 7) is -0.426. The molecule has 6 nitrogen and oxygen atoms in total. The first-order valence-electron chi connectivity index (χ1n) is 6.03. The summed E-state index contributed by atoms with van der Waals surface area (Å²) in [7, 11) is 0. The third-order valence-electron chi connectivity index (χ3n) is 2.92. The van der Waals surface area contributed by atoms with E-state index < -0.39 is 11.9 Å². The van der Waals surface area contributed by atoms with Crippen molar-refractivity contribution >= 4 is 24.4 Å². The van der Waals surface area contributed by atoms with Crippen LogP contribution in [-0.4, -0.2) is 47.7 Å². The Balaban J connectivity index is 2.51. The lowest BCUT2D eigenvalue weighted by Gasteiger charge is -2.25. The molecule has 0 amide bonds. The lowest BCUT2D eigenvalue weighted by atomic mass is 9.80. The number of aliphatic imine (C=N–C) groups is 2. The van der Waals surface area contributed by atoms with Gasteiger partial charge in [0.25, 0.3) is 0 Å². The molecule has 0 aromatic carbocycles. The van der Waals surface area contributed by atoms with Gasteiger partial charge in [0.2, 0.25) is 0 Å². The highest BCUT2D eigenvalue weighted by Crippen LogP contribution is 2.27. The van der Waals surface area contributed by atoms with Crippen LogP contribution in [0, 0.1) is 11.8 Å². The summed E-state index contributed by atoms with van der Waals surface area (Å²) >= 11 is 0. The number of rotatable bonds is 6. The van der Waals surface area contributed by atoms with E-state index in [1.165, 1.54) is 0 Å². The lowest BCUT2D eigenvalue weighted by Crippen LogP contribution is -2.22. The van der Waals surface area contributed by atoms with Crippen molar-refractivity contribution in [3.63, 3.8) is 0 Å². The highest BCUT2D eigenvalue weighted by atomic mass is 16.4. The monoisotopic (exact) mass is 254 g/mol. The molecule has 1 aliphatic carbocycles. The van der Waals surface area contributed by atoms with Gasteiger partial charge in [-0.1, -0.05) is 12.8 Å². The van der Waals surface area contributed by atoms with Gasteiger partial charge in [-0.15, -0.1) is 0 Å². The predicted molar refractivity (Wildman–Crippen MR) is 67.4 cm³/mol. The van der Waals surface area contributed by atoms with E-state index in [2.05, 4.69) is 9.98 Å². The van der Waals surface area contributed by atoms with E-state index in [-0.39, 0.29) is 24.9 Å². The molecule has 100 valence electrons. The van der Waals surface area contributed by atoms with Crippen molar-refractivity contribution in [1.29, 1.82) is 0 Å². The number of carboxylic acids is 2. The second kappa shape index (κ2) is 7.58. The zero-order chi connectivity index (χ0) is 13.4.